The number of hydrogen-bond donors (Lipinski definition) is 1. The van der Waals surface area contributed by atoms with Crippen molar-refractivity contribution in [2.45, 2.75) is 13.0 Å². The van der Waals surface area contributed by atoms with Crippen molar-refractivity contribution in [3.63, 3.8) is 0 Å². The molecule has 0 spiro atoms. The van der Waals surface area contributed by atoms with Gasteiger partial charge in [0.15, 0.2) is 0 Å². The van der Waals surface area contributed by atoms with Crippen molar-refractivity contribution in [2.24, 2.45) is 0 Å². The fourth-order valence-corrected chi connectivity index (χ4v) is 1.02. The van der Waals surface area contributed by atoms with Crippen LogP contribution in [0.3, 0.4) is 0 Å². The summed E-state index contributed by atoms with van der Waals surface area (Å²) in [5.41, 5.74) is 1.92. The Morgan fingerprint density at radius 3 is 3.00 bits per heavy atom. The first-order valence-corrected chi connectivity index (χ1v) is 4.22. The Hall–Kier alpha value is -1.68. The van der Waals surface area contributed by atoms with Crippen molar-refractivity contribution in [3.05, 3.63) is 42.5 Å². The Kier molecular flexibility index (Phi) is 3.16. The van der Waals surface area contributed by atoms with Crippen LogP contribution < -0.4 is 5.32 Å². The molecule has 0 heterocycles. The number of anilines is 1. The second kappa shape index (κ2) is 4.37. The van der Waals surface area contributed by atoms with Crippen LogP contribution in [0.25, 0.3) is 0 Å². The SMILES string of the molecule is C#Cc1cccc(NC(C)C=C)c1. The first-order chi connectivity index (χ1) is 6.26. The molecule has 1 atom stereocenters. The lowest BCUT2D eigenvalue weighted by Gasteiger charge is -2.10. The molecule has 1 N–H and O–H groups in total. The largest absolute Gasteiger partial charge is 0.379 e. The summed E-state index contributed by atoms with van der Waals surface area (Å²) in [6.45, 7) is 5.73. The molecule has 1 rings (SSSR count). The van der Waals surface area contributed by atoms with Gasteiger partial charge < -0.3 is 5.32 Å². The molecule has 0 bridgehead atoms. The normalized spacial score (nSPS) is 11.4. The van der Waals surface area contributed by atoms with Gasteiger partial charge in [0.1, 0.15) is 0 Å². The fraction of sp³-hybridized carbons (Fsp3) is 0.167. The highest BCUT2D eigenvalue weighted by molar-refractivity contribution is 5.50. The van der Waals surface area contributed by atoms with E-state index in [1.54, 1.807) is 0 Å². The molecule has 1 unspecified atom stereocenters. The van der Waals surface area contributed by atoms with Gasteiger partial charge in [-0.15, -0.1) is 13.0 Å². The fourth-order valence-electron chi connectivity index (χ4n) is 1.02. The predicted octanol–water partition coefficient (Wildman–Crippen LogP) is 2.65. The van der Waals surface area contributed by atoms with Crippen LogP contribution in [0.4, 0.5) is 5.69 Å². The number of rotatable bonds is 3. The molecular weight excluding hydrogens is 158 g/mol. The third-order valence-corrected chi connectivity index (χ3v) is 1.78. The zero-order chi connectivity index (χ0) is 9.68. The van der Waals surface area contributed by atoms with Crippen molar-refractivity contribution in [1.82, 2.24) is 0 Å². The van der Waals surface area contributed by atoms with Gasteiger partial charge in [-0.1, -0.05) is 18.1 Å². The van der Waals surface area contributed by atoms with Gasteiger partial charge in [-0.05, 0) is 25.1 Å². The Bertz CT molecular complexity index is 333. The van der Waals surface area contributed by atoms with E-state index in [0.29, 0.717) is 0 Å². The van der Waals surface area contributed by atoms with E-state index in [0.717, 1.165) is 11.3 Å². The predicted molar refractivity (Wildman–Crippen MR) is 57.7 cm³/mol. The highest BCUT2D eigenvalue weighted by atomic mass is 14.9. The second-order valence-electron chi connectivity index (χ2n) is 2.89. The van der Waals surface area contributed by atoms with Crippen LogP contribution >= 0.6 is 0 Å². The van der Waals surface area contributed by atoms with Crippen molar-refractivity contribution in [2.75, 3.05) is 5.32 Å². The van der Waals surface area contributed by atoms with Gasteiger partial charge in [-0.2, -0.15) is 0 Å². The van der Waals surface area contributed by atoms with Gasteiger partial charge in [0, 0.05) is 17.3 Å². The maximum absolute atomic E-state index is 5.28. The van der Waals surface area contributed by atoms with Crippen LogP contribution in [0, 0.1) is 12.3 Å². The van der Waals surface area contributed by atoms with Crippen molar-refractivity contribution < 1.29 is 0 Å². The molecule has 1 aromatic carbocycles. The van der Waals surface area contributed by atoms with Gasteiger partial charge in [-0.3, -0.25) is 0 Å². The quantitative estimate of drug-likeness (QED) is 0.544. The van der Waals surface area contributed by atoms with Gasteiger partial charge in [0.25, 0.3) is 0 Å². The monoisotopic (exact) mass is 171 g/mol. The molecule has 0 amide bonds. The van der Waals surface area contributed by atoms with Gasteiger partial charge in [0.2, 0.25) is 0 Å². The lowest BCUT2D eigenvalue weighted by atomic mass is 10.2. The van der Waals surface area contributed by atoms with E-state index >= 15 is 0 Å². The summed E-state index contributed by atoms with van der Waals surface area (Å²) in [5.74, 6) is 2.59. The summed E-state index contributed by atoms with van der Waals surface area (Å²) in [6, 6.07) is 8.03. The Morgan fingerprint density at radius 2 is 2.38 bits per heavy atom. The molecule has 0 saturated carbocycles. The van der Waals surface area contributed by atoms with Crippen molar-refractivity contribution in [3.8, 4) is 12.3 Å². The van der Waals surface area contributed by atoms with E-state index in [1.807, 2.05) is 37.3 Å². The van der Waals surface area contributed by atoms with Crippen LogP contribution in [0.5, 0.6) is 0 Å². The molecule has 13 heavy (non-hydrogen) atoms. The minimum absolute atomic E-state index is 0.257. The van der Waals surface area contributed by atoms with Crippen molar-refractivity contribution >= 4 is 5.69 Å². The first-order valence-electron chi connectivity index (χ1n) is 4.22. The third kappa shape index (κ3) is 2.68. The second-order valence-corrected chi connectivity index (χ2v) is 2.89. The maximum atomic E-state index is 5.28. The molecule has 1 nitrogen and oxygen atoms in total. The van der Waals surface area contributed by atoms with Crippen LogP contribution in [-0.2, 0) is 0 Å². The zero-order valence-electron chi connectivity index (χ0n) is 7.75. The van der Waals surface area contributed by atoms with Crippen LogP contribution in [0.1, 0.15) is 12.5 Å². The number of benzene rings is 1. The van der Waals surface area contributed by atoms with Crippen LogP contribution in [0.2, 0.25) is 0 Å². The molecule has 0 saturated heterocycles. The molecule has 0 aliphatic heterocycles. The molecule has 1 heteroatoms. The van der Waals surface area contributed by atoms with E-state index in [4.69, 9.17) is 6.42 Å². The summed E-state index contributed by atoms with van der Waals surface area (Å²) in [7, 11) is 0. The van der Waals surface area contributed by atoms with E-state index in [-0.39, 0.29) is 6.04 Å². The average Bonchev–Trinajstić information content (AvgIpc) is 2.18. The zero-order valence-corrected chi connectivity index (χ0v) is 7.75. The van der Waals surface area contributed by atoms with E-state index < -0.39 is 0 Å². The van der Waals surface area contributed by atoms with Crippen molar-refractivity contribution in [1.29, 1.82) is 0 Å². The Labute approximate surface area is 79.5 Å². The summed E-state index contributed by atoms with van der Waals surface area (Å²) >= 11 is 0. The maximum Gasteiger partial charge on any atom is 0.0413 e. The highest BCUT2D eigenvalue weighted by Crippen LogP contribution is 2.10. The summed E-state index contributed by atoms with van der Waals surface area (Å²) in [6.07, 6.45) is 7.13. The van der Waals surface area contributed by atoms with Gasteiger partial charge in [-0.25, -0.2) is 0 Å². The molecule has 66 valence electrons. The number of nitrogens with one attached hydrogen (secondary N) is 1. The smallest absolute Gasteiger partial charge is 0.0413 e. The summed E-state index contributed by atoms with van der Waals surface area (Å²) in [4.78, 5) is 0. The minimum Gasteiger partial charge on any atom is -0.379 e. The van der Waals surface area contributed by atoms with Crippen LogP contribution in [-0.4, -0.2) is 6.04 Å². The van der Waals surface area contributed by atoms with E-state index in [1.165, 1.54) is 0 Å². The molecule has 0 aliphatic carbocycles. The topological polar surface area (TPSA) is 12.0 Å². The molecule has 0 aromatic heterocycles. The molecule has 0 fully saturated rings. The molecular formula is C12H13N. The molecule has 1 aromatic rings. The molecule has 0 radical (unpaired) electrons. The number of terminal acetylenes is 1. The average molecular weight is 171 g/mol. The van der Waals surface area contributed by atoms with Crippen LogP contribution in [0.15, 0.2) is 36.9 Å². The van der Waals surface area contributed by atoms with E-state index in [9.17, 15) is 0 Å². The lowest BCUT2D eigenvalue weighted by Crippen LogP contribution is -2.10. The Morgan fingerprint density at radius 1 is 1.62 bits per heavy atom. The summed E-state index contributed by atoms with van der Waals surface area (Å²) < 4.78 is 0. The summed E-state index contributed by atoms with van der Waals surface area (Å²) in [5, 5.41) is 3.25. The van der Waals surface area contributed by atoms with Gasteiger partial charge >= 0.3 is 0 Å². The van der Waals surface area contributed by atoms with Gasteiger partial charge in [0.05, 0.1) is 0 Å². The Balaban J connectivity index is 2.78. The highest BCUT2D eigenvalue weighted by Gasteiger charge is 1.96. The number of hydrogen-bond acceptors (Lipinski definition) is 1. The third-order valence-electron chi connectivity index (χ3n) is 1.78. The lowest BCUT2D eigenvalue weighted by molar-refractivity contribution is 1.00. The first kappa shape index (κ1) is 9.41. The van der Waals surface area contributed by atoms with E-state index in [2.05, 4.69) is 17.8 Å². The molecule has 0 aliphatic rings. The minimum atomic E-state index is 0.257. The standard InChI is InChI=1S/C12H13N/c1-4-10(3)13-12-8-6-7-11(5-2)9-12/h2,4,6-10,13H,1H2,3H3.